The Labute approximate surface area is 192 Å². The van der Waals surface area contributed by atoms with Crippen molar-refractivity contribution in [2.75, 3.05) is 33.4 Å². The number of aliphatic hydroxyl groups excluding tert-OH is 1. The van der Waals surface area contributed by atoms with Crippen LogP contribution in [0, 0.1) is 16.7 Å². The van der Waals surface area contributed by atoms with Gasteiger partial charge in [0.05, 0.1) is 24.5 Å². The van der Waals surface area contributed by atoms with Gasteiger partial charge in [-0.15, -0.1) is 0 Å². The summed E-state index contributed by atoms with van der Waals surface area (Å²) in [4.78, 5) is 6.75. The Morgan fingerprint density at radius 2 is 2.27 bits per heavy atom. The zero-order valence-corrected chi connectivity index (χ0v) is 18.8. The lowest BCUT2D eigenvalue weighted by Crippen LogP contribution is -2.36. The van der Waals surface area contributed by atoms with Crippen LogP contribution in [0.2, 0.25) is 0 Å². The van der Waals surface area contributed by atoms with E-state index in [1.54, 1.807) is 19.5 Å². The molecular formula is C23H30N8O2. The molecule has 0 aliphatic carbocycles. The highest BCUT2D eigenvalue weighted by Gasteiger charge is 2.20. The van der Waals surface area contributed by atoms with E-state index in [4.69, 9.17) is 20.7 Å². The number of ether oxygens (including phenoxy) is 1. The molecular weight excluding hydrogens is 420 g/mol. The van der Waals surface area contributed by atoms with Gasteiger partial charge in [-0.1, -0.05) is 6.07 Å². The summed E-state index contributed by atoms with van der Waals surface area (Å²) >= 11 is 0. The molecule has 0 bridgehead atoms. The Morgan fingerprint density at radius 1 is 1.39 bits per heavy atom. The third-order valence-corrected chi connectivity index (χ3v) is 5.89. The Morgan fingerprint density at radius 3 is 3.06 bits per heavy atom. The van der Waals surface area contributed by atoms with Gasteiger partial charge in [-0.3, -0.25) is 15.4 Å². The lowest BCUT2D eigenvalue weighted by molar-refractivity contribution is 0.0874. The van der Waals surface area contributed by atoms with E-state index < -0.39 is 0 Å². The third-order valence-electron chi connectivity index (χ3n) is 5.89. The monoisotopic (exact) mass is 450 g/mol. The highest BCUT2D eigenvalue weighted by Crippen LogP contribution is 2.22. The maximum absolute atomic E-state index is 9.09. The minimum Gasteiger partial charge on any atom is -0.396 e. The van der Waals surface area contributed by atoms with Crippen molar-refractivity contribution in [2.45, 2.75) is 25.8 Å². The number of aromatic nitrogens is 4. The van der Waals surface area contributed by atoms with Crippen molar-refractivity contribution in [3.05, 3.63) is 47.4 Å². The van der Waals surface area contributed by atoms with Crippen molar-refractivity contribution < 1.29 is 9.84 Å². The van der Waals surface area contributed by atoms with Crippen molar-refractivity contribution in [1.82, 2.24) is 24.9 Å². The average molecular weight is 451 g/mol. The fourth-order valence-corrected chi connectivity index (χ4v) is 4.33. The molecule has 1 aliphatic heterocycles. The van der Waals surface area contributed by atoms with Gasteiger partial charge in [0.1, 0.15) is 5.69 Å². The number of nitrogens with one attached hydrogen (secondary N) is 3. The molecule has 0 radical (unpaired) electrons. The average Bonchev–Trinajstić information content (AvgIpc) is 3.45. The van der Waals surface area contributed by atoms with Gasteiger partial charge in [-0.2, -0.15) is 10.2 Å². The van der Waals surface area contributed by atoms with Crippen LogP contribution in [0.5, 0.6) is 0 Å². The maximum Gasteiger partial charge on any atom is 0.175 e. The molecule has 3 aromatic rings. The molecule has 1 fully saturated rings. The van der Waals surface area contributed by atoms with E-state index >= 15 is 0 Å². The zero-order valence-electron chi connectivity index (χ0n) is 18.8. The summed E-state index contributed by atoms with van der Waals surface area (Å²) < 4.78 is 6.78. The molecule has 1 saturated heterocycles. The number of rotatable bonds is 8. The summed E-state index contributed by atoms with van der Waals surface area (Å²) in [5, 5.41) is 37.6. The lowest BCUT2D eigenvalue weighted by Gasteiger charge is -2.32. The van der Waals surface area contributed by atoms with E-state index in [0.29, 0.717) is 18.0 Å². The Kier molecular flexibility index (Phi) is 7.38. The Bertz CT molecular complexity index is 1150. The minimum atomic E-state index is -0.0470. The van der Waals surface area contributed by atoms with Crippen molar-refractivity contribution >= 4 is 28.8 Å². The predicted molar refractivity (Wildman–Crippen MR) is 127 cm³/mol. The molecule has 4 rings (SSSR count). The fourth-order valence-electron chi connectivity index (χ4n) is 4.33. The zero-order chi connectivity index (χ0) is 23.2. The summed E-state index contributed by atoms with van der Waals surface area (Å²) in [6.45, 7) is 3.74. The van der Waals surface area contributed by atoms with Crippen LogP contribution in [-0.2, 0) is 17.7 Å². The summed E-state index contributed by atoms with van der Waals surface area (Å²) in [5.41, 5.74) is 3.27. The maximum atomic E-state index is 9.09. The van der Waals surface area contributed by atoms with Gasteiger partial charge in [0.15, 0.2) is 11.7 Å². The van der Waals surface area contributed by atoms with E-state index in [9.17, 15) is 0 Å². The van der Waals surface area contributed by atoms with Crippen LogP contribution in [0.1, 0.15) is 29.7 Å². The van der Waals surface area contributed by atoms with Crippen molar-refractivity contribution in [1.29, 1.82) is 10.8 Å². The fraction of sp³-hybridized carbons (Fsp3) is 0.435. The van der Waals surface area contributed by atoms with Crippen LogP contribution in [0.4, 0.5) is 0 Å². The van der Waals surface area contributed by atoms with Crippen LogP contribution < -0.4 is 0 Å². The first-order valence-electron chi connectivity index (χ1n) is 11.1. The van der Waals surface area contributed by atoms with E-state index in [-0.39, 0.29) is 18.3 Å². The van der Waals surface area contributed by atoms with Gasteiger partial charge in [0, 0.05) is 38.4 Å². The van der Waals surface area contributed by atoms with Crippen LogP contribution >= 0.6 is 0 Å². The number of nitrogens with zero attached hydrogens (tertiary/aromatic N) is 5. The largest absolute Gasteiger partial charge is 0.396 e. The van der Waals surface area contributed by atoms with Crippen molar-refractivity contribution in [3.8, 4) is 0 Å². The molecule has 33 heavy (non-hydrogen) atoms. The molecule has 0 spiro atoms. The van der Waals surface area contributed by atoms with E-state index in [1.165, 1.54) is 17.5 Å². The number of aliphatic imine (C=N–C) groups is 1. The molecule has 4 N–H and O–H groups in total. The first-order valence-corrected chi connectivity index (χ1v) is 11.1. The molecule has 174 valence electrons. The molecule has 1 atom stereocenters. The minimum absolute atomic E-state index is 0.0185. The predicted octanol–water partition coefficient (Wildman–Crippen LogP) is 2.07. The standard InChI is InChI=1S/C23H30N8O2/c1-33-15-18-3-2-7-30(13-18)12-16-4-5-20-19(9-16)22(29-28-20)23(25)27-21(10-24)31-14-17(6-8-32)11-26-31/h4-5,9-11,14,18,24-25,32H,2-3,6-8,12-13,15H2,1H3,(H,28,29). The number of methoxy groups -OCH3 is 1. The van der Waals surface area contributed by atoms with Crippen LogP contribution in [0.3, 0.4) is 0 Å². The molecule has 2 aromatic heterocycles. The van der Waals surface area contributed by atoms with E-state index in [0.717, 1.165) is 54.5 Å². The first-order chi connectivity index (χ1) is 16.1. The Balaban J connectivity index is 1.54. The number of piperidine rings is 1. The normalized spacial score (nSPS) is 17.5. The Hall–Kier alpha value is -3.21. The van der Waals surface area contributed by atoms with Crippen molar-refractivity contribution in [2.24, 2.45) is 10.9 Å². The summed E-state index contributed by atoms with van der Waals surface area (Å²) in [6, 6.07) is 6.14. The number of hydrogen-bond donors (Lipinski definition) is 4. The second-order valence-corrected chi connectivity index (χ2v) is 8.38. The highest BCUT2D eigenvalue weighted by atomic mass is 16.5. The topological polar surface area (TPSA) is 139 Å². The molecule has 1 unspecified atom stereocenters. The molecule has 0 saturated carbocycles. The van der Waals surface area contributed by atoms with Gasteiger partial charge in [-0.25, -0.2) is 9.67 Å². The second-order valence-electron chi connectivity index (χ2n) is 8.38. The van der Waals surface area contributed by atoms with Gasteiger partial charge in [0.25, 0.3) is 0 Å². The number of hydrogen-bond acceptors (Lipinski definition) is 7. The van der Waals surface area contributed by atoms with Crippen molar-refractivity contribution in [3.63, 3.8) is 0 Å². The summed E-state index contributed by atoms with van der Waals surface area (Å²) in [5.74, 6) is 0.724. The van der Waals surface area contributed by atoms with Gasteiger partial charge >= 0.3 is 0 Å². The number of fused-ring (bicyclic) bond motifs is 1. The molecule has 10 heteroatoms. The highest BCUT2D eigenvalue weighted by molar-refractivity contribution is 6.32. The van der Waals surface area contributed by atoms with E-state index in [2.05, 4.69) is 37.3 Å². The number of aliphatic hydroxyl groups is 1. The molecule has 3 heterocycles. The number of aromatic amines is 1. The molecule has 1 aromatic carbocycles. The molecule has 0 amide bonds. The third kappa shape index (κ3) is 5.41. The molecule has 10 nitrogen and oxygen atoms in total. The number of amidine groups is 1. The molecule has 1 aliphatic rings. The summed E-state index contributed by atoms with van der Waals surface area (Å²) in [6.07, 6.45) is 7.22. The van der Waals surface area contributed by atoms with Gasteiger partial charge < -0.3 is 15.3 Å². The quantitative estimate of drug-likeness (QED) is 0.307. The van der Waals surface area contributed by atoms with Crippen LogP contribution in [0.25, 0.3) is 10.9 Å². The smallest absolute Gasteiger partial charge is 0.175 e. The lowest BCUT2D eigenvalue weighted by atomic mass is 9.98. The summed E-state index contributed by atoms with van der Waals surface area (Å²) in [7, 11) is 1.76. The number of likely N-dealkylation sites (tertiary alicyclic amines) is 1. The van der Waals surface area contributed by atoms with Gasteiger partial charge in [0.2, 0.25) is 0 Å². The number of benzene rings is 1. The SMILES string of the molecule is COCC1CCCN(Cc2ccc3[nH]nc(C(=N)N=C(C=N)n4cc(CCO)cn4)c3c2)C1. The van der Waals surface area contributed by atoms with Crippen LogP contribution in [-0.4, -0.2) is 81.3 Å². The first kappa shape index (κ1) is 23.0. The number of H-pyrrole nitrogens is 1. The second kappa shape index (κ2) is 10.6. The van der Waals surface area contributed by atoms with Gasteiger partial charge in [-0.05, 0) is 55.0 Å². The van der Waals surface area contributed by atoms with Crippen LogP contribution in [0.15, 0.2) is 35.6 Å². The van der Waals surface area contributed by atoms with E-state index in [1.807, 2.05) is 6.07 Å².